The number of fused-ring (bicyclic) bond motifs is 4. The highest BCUT2D eigenvalue weighted by molar-refractivity contribution is 5.85. The van der Waals surface area contributed by atoms with Crippen LogP contribution >= 0.6 is 0 Å². The van der Waals surface area contributed by atoms with Crippen molar-refractivity contribution in [3.63, 3.8) is 0 Å². The smallest absolute Gasteiger partial charge is 0.343 e. The first-order valence-electron chi connectivity index (χ1n) is 9.65. The van der Waals surface area contributed by atoms with Crippen LogP contribution in [0.1, 0.15) is 29.5 Å². The van der Waals surface area contributed by atoms with E-state index in [4.69, 9.17) is 19.3 Å². The average Bonchev–Trinajstić information content (AvgIpc) is 2.79. The van der Waals surface area contributed by atoms with E-state index >= 15 is 0 Å². The Hall–Kier alpha value is -4.20. The lowest BCUT2D eigenvalue weighted by Gasteiger charge is -2.24. The monoisotopic (exact) mass is 414 g/mol. The maximum absolute atomic E-state index is 12.7. The summed E-state index contributed by atoms with van der Waals surface area (Å²) < 4.78 is 18.0. The first-order valence-corrected chi connectivity index (χ1v) is 9.65. The van der Waals surface area contributed by atoms with Crippen molar-refractivity contribution in [3.8, 4) is 17.4 Å². The van der Waals surface area contributed by atoms with Gasteiger partial charge in [0.05, 0.1) is 29.8 Å². The zero-order valence-corrected chi connectivity index (χ0v) is 16.8. The van der Waals surface area contributed by atoms with Crippen LogP contribution in [0.5, 0.6) is 17.4 Å². The molecule has 8 nitrogen and oxygen atoms in total. The molecule has 2 aromatic carbocycles. The summed E-state index contributed by atoms with van der Waals surface area (Å²) in [5.74, 6) is 1.02. The summed E-state index contributed by atoms with van der Waals surface area (Å²) >= 11 is 0. The number of rotatable bonds is 3. The molecule has 1 unspecified atom stereocenters. The second kappa shape index (κ2) is 7.24. The molecule has 0 spiro atoms. The number of nitrogens with one attached hydrogen (secondary N) is 1. The topological polar surface area (TPSA) is 103 Å². The van der Waals surface area contributed by atoms with Crippen LogP contribution in [-0.2, 0) is 0 Å². The largest absolute Gasteiger partial charge is 0.497 e. The van der Waals surface area contributed by atoms with Crippen LogP contribution in [0.4, 0.5) is 0 Å². The number of para-hydroxylation sites is 1. The summed E-state index contributed by atoms with van der Waals surface area (Å²) in [7, 11) is 1.61. The van der Waals surface area contributed by atoms with Gasteiger partial charge in [-0.15, -0.1) is 0 Å². The first kappa shape index (κ1) is 18.8. The predicted octanol–water partition coefficient (Wildman–Crippen LogP) is 3.62. The zero-order chi connectivity index (χ0) is 21.5. The highest BCUT2D eigenvalue weighted by Gasteiger charge is 2.32. The summed E-state index contributed by atoms with van der Waals surface area (Å²) in [5, 5.41) is 13.7. The van der Waals surface area contributed by atoms with Crippen molar-refractivity contribution in [2.24, 2.45) is 5.10 Å². The quantitative estimate of drug-likeness (QED) is 0.407. The molecule has 0 amide bonds. The van der Waals surface area contributed by atoms with Gasteiger partial charge in [0, 0.05) is 5.92 Å². The molecule has 1 aliphatic rings. The molecule has 0 radical (unpaired) electrons. The summed E-state index contributed by atoms with van der Waals surface area (Å²) in [6.07, 6.45) is 3.04. The Balaban J connectivity index is 1.58. The Morgan fingerprint density at radius 1 is 1.16 bits per heavy atom. The van der Waals surface area contributed by atoms with Crippen molar-refractivity contribution in [2.75, 3.05) is 7.11 Å². The van der Waals surface area contributed by atoms with Gasteiger partial charge < -0.3 is 13.9 Å². The van der Waals surface area contributed by atoms with E-state index in [0.29, 0.717) is 27.8 Å². The SMILES string of the molecule is COc1ccc(/C=N/n2cnc3c(c2=N)C(C)c2c(c4ccccc4oc2=O)O3)cc1. The lowest BCUT2D eigenvalue weighted by atomic mass is 9.92. The van der Waals surface area contributed by atoms with Gasteiger partial charge in [-0.3, -0.25) is 5.41 Å². The van der Waals surface area contributed by atoms with Gasteiger partial charge >= 0.3 is 5.63 Å². The first-order chi connectivity index (χ1) is 15.1. The molecular formula is C23H18N4O4. The van der Waals surface area contributed by atoms with Gasteiger partial charge in [-0.2, -0.15) is 5.10 Å². The highest BCUT2D eigenvalue weighted by Crippen LogP contribution is 2.42. The minimum absolute atomic E-state index is 0.0838. The molecule has 0 fully saturated rings. The Kier molecular flexibility index (Phi) is 4.39. The van der Waals surface area contributed by atoms with Crippen molar-refractivity contribution in [1.82, 2.24) is 9.66 Å². The zero-order valence-electron chi connectivity index (χ0n) is 16.8. The summed E-state index contributed by atoms with van der Waals surface area (Å²) in [6.45, 7) is 1.84. The van der Waals surface area contributed by atoms with E-state index in [2.05, 4.69) is 10.1 Å². The third-order valence-corrected chi connectivity index (χ3v) is 5.31. The van der Waals surface area contributed by atoms with Gasteiger partial charge in [-0.25, -0.2) is 14.5 Å². The summed E-state index contributed by atoms with van der Waals surface area (Å²) in [5.41, 5.74) is 1.74. The van der Waals surface area contributed by atoms with Crippen LogP contribution in [0.3, 0.4) is 0 Å². The maximum atomic E-state index is 12.7. The fraction of sp³-hybridized carbons (Fsp3) is 0.130. The van der Waals surface area contributed by atoms with Gasteiger partial charge in [0.2, 0.25) is 5.88 Å². The molecule has 8 heteroatoms. The molecule has 0 aliphatic carbocycles. The van der Waals surface area contributed by atoms with Crippen molar-refractivity contribution < 1.29 is 13.9 Å². The number of benzene rings is 2. The minimum Gasteiger partial charge on any atom is -0.497 e. The lowest BCUT2D eigenvalue weighted by molar-refractivity contribution is 0.412. The molecule has 31 heavy (non-hydrogen) atoms. The second-order valence-electron chi connectivity index (χ2n) is 7.13. The fourth-order valence-corrected chi connectivity index (χ4v) is 3.70. The van der Waals surface area contributed by atoms with E-state index < -0.39 is 11.5 Å². The van der Waals surface area contributed by atoms with Crippen LogP contribution in [0.15, 0.2) is 69.2 Å². The number of hydrogen-bond donors (Lipinski definition) is 1. The maximum Gasteiger partial charge on any atom is 0.343 e. The highest BCUT2D eigenvalue weighted by atomic mass is 16.5. The van der Waals surface area contributed by atoms with Crippen molar-refractivity contribution in [3.05, 3.63) is 87.5 Å². The van der Waals surface area contributed by atoms with Crippen LogP contribution in [0.25, 0.3) is 11.0 Å². The molecule has 3 heterocycles. The van der Waals surface area contributed by atoms with Crippen molar-refractivity contribution in [1.29, 1.82) is 5.41 Å². The van der Waals surface area contributed by atoms with Crippen LogP contribution in [0.2, 0.25) is 0 Å². The summed E-state index contributed by atoms with van der Waals surface area (Å²) in [6, 6.07) is 14.6. The Labute approximate surface area is 176 Å². The Morgan fingerprint density at radius 2 is 1.94 bits per heavy atom. The van der Waals surface area contributed by atoms with E-state index in [1.807, 2.05) is 43.3 Å². The predicted molar refractivity (Wildman–Crippen MR) is 114 cm³/mol. The van der Waals surface area contributed by atoms with E-state index in [1.165, 1.54) is 11.0 Å². The Bertz CT molecular complexity index is 1450. The third kappa shape index (κ3) is 3.09. The normalized spacial score (nSPS) is 14.8. The molecule has 2 aromatic heterocycles. The number of hydrogen-bond acceptors (Lipinski definition) is 7. The average molecular weight is 414 g/mol. The molecule has 0 saturated carbocycles. The van der Waals surface area contributed by atoms with Crippen molar-refractivity contribution in [2.45, 2.75) is 12.8 Å². The van der Waals surface area contributed by atoms with E-state index in [-0.39, 0.29) is 11.4 Å². The van der Waals surface area contributed by atoms with Gasteiger partial charge in [0.25, 0.3) is 0 Å². The second-order valence-corrected chi connectivity index (χ2v) is 7.13. The molecule has 0 saturated heterocycles. The van der Waals surface area contributed by atoms with Crippen LogP contribution < -0.4 is 20.6 Å². The molecule has 1 N–H and O–H groups in total. The van der Waals surface area contributed by atoms with E-state index in [0.717, 1.165) is 11.3 Å². The number of methoxy groups -OCH3 is 1. The van der Waals surface area contributed by atoms with Crippen LogP contribution in [-0.4, -0.2) is 23.0 Å². The number of ether oxygens (including phenoxy) is 2. The molecule has 154 valence electrons. The molecule has 4 aromatic rings. The Morgan fingerprint density at radius 3 is 2.71 bits per heavy atom. The van der Waals surface area contributed by atoms with E-state index in [1.54, 1.807) is 25.5 Å². The van der Waals surface area contributed by atoms with E-state index in [9.17, 15) is 4.79 Å². The molecule has 5 rings (SSSR count). The van der Waals surface area contributed by atoms with Gasteiger partial charge in [0.15, 0.2) is 11.2 Å². The molecule has 1 atom stereocenters. The molecule has 1 aliphatic heterocycles. The molecular weight excluding hydrogens is 396 g/mol. The third-order valence-electron chi connectivity index (χ3n) is 5.31. The lowest BCUT2D eigenvalue weighted by Crippen LogP contribution is -2.29. The minimum atomic E-state index is -0.483. The van der Waals surface area contributed by atoms with Crippen LogP contribution in [0, 0.1) is 5.41 Å². The van der Waals surface area contributed by atoms with Gasteiger partial charge in [-0.05, 0) is 42.0 Å². The number of aromatic nitrogens is 2. The number of nitrogens with zero attached hydrogens (tertiary/aromatic N) is 3. The van der Waals surface area contributed by atoms with Gasteiger partial charge in [-0.1, -0.05) is 19.1 Å². The van der Waals surface area contributed by atoms with Gasteiger partial charge in [0.1, 0.15) is 17.7 Å². The molecule has 0 bridgehead atoms. The van der Waals surface area contributed by atoms with Crippen molar-refractivity contribution >= 4 is 17.2 Å². The standard InChI is InChI=1S/C23H18N4O4/c1-13-18-20(16-5-3-4-6-17(16)30-23(18)28)31-22-19(13)21(24)27(12-25-22)26-11-14-7-9-15(29-2)10-8-14/h3-13,24H,1-2H3/b24-21?,26-11+. The summed E-state index contributed by atoms with van der Waals surface area (Å²) in [4.78, 5) is 17.0. The fourth-order valence-electron chi connectivity index (χ4n) is 3.70.